The van der Waals surface area contributed by atoms with E-state index in [1.165, 1.54) is 12.1 Å². The van der Waals surface area contributed by atoms with E-state index in [0.717, 1.165) is 23.3 Å². The van der Waals surface area contributed by atoms with Crippen LogP contribution in [0.15, 0.2) is 54.6 Å². The zero-order valence-corrected chi connectivity index (χ0v) is 17.7. The zero-order chi connectivity index (χ0) is 22.1. The molecule has 1 fully saturated rings. The third-order valence-corrected chi connectivity index (χ3v) is 5.53. The lowest BCUT2D eigenvalue weighted by Crippen LogP contribution is -2.49. The van der Waals surface area contributed by atoms with E-state index >= 15 is 0 Å². The number of hydrogen-bond acceptors (Lipinski definition) is 2. The van der Waals surface area contributed by atoms with Gasteiger partial charge in [-0.3, -0.25) is 0 Å². The summed E-state index contributed by atoms with van der Waals surface area (Å²) in [5, 5.41) is 0. The molecule has 1 saturated heterocycles. The molecule has 3 nitrogen and oxygen atoms in total. The molecule has 6 heteroatoms. The van der Waals surface area contributed by atoms with Crippen molar-refractivity contribution >= 4 is 6.09 Å². The Morgan fingerprint density at radius 2 is 1.50 bits per heavy atom. The first-order valence-electron chi connectivity index (χ1n) is 10.2. The van der Waals surface area contributed by atoms with Gasteiger partial charge in [-0.15, -0.1) is 0 Å². The maximum absolute atomic E-state index is 13.0. The van der Waals surface area contributed by atoms with Crippen LogP contribution in [0.2, 0.25) is 0 Å². The minimum atomic E-state index is -4.37. The van der Waals surface area contributed by atoms with E-state index < -0.39 is 23.4 Å². The van der Waals surface area contributed by atoms with E-state index in [-0.39, 0.29) is 17.9 Å². The highest BCUT2D eigenvalue weighted by Gasteiger charge is 2.39. The number of amides is 1. The van der Waals surface area contributed by atoms with Crippen molar-refractivity contribution in [2.75, 3.05) is 6.54 Å². The number of benzene rings is 2. The summed E-state index contributed by atoms with van der Waals surface area (Å²) < 4.78 is 44.6. The van der Waals surface area contributed by atoms with Gasteiger partial charge >= 0.3 is 12.3 Å². The number of ether oxygens (including phenoxy) is 1. The fourth-order valence-corrected chi connectivity index (χ4v) is 4.08. The highest BCUT2D eigenvalue weighted by molar-refractivity contribution is 5.69. The smallest absolute Gasteiger partial charge is 0.416 e. The SMILES string of the molecule is C[C@@H]1C[C@H](c2ccccc2)[C@@H](c2ccc(C(F)(F)F)cc2)CN1C(=O)OC(C)(C)C. The number of alkyl halides is 3. The van der Waals surface area contributed by atoms with Gasteiger partial charge in [0.2, 0.25) is 0 Å². The largest absolute Gasteiger partial charge is 0.444 e. The van der Waals surface area contributed by atoms with Crippen molar-refractivity contribution < 1.29 is 22.7 Å². The van der Waals surface area contributed by atoms with E-state index in [0.29, 0.717) is 13.0 Å². The summed E-state index contributed by atoms with van der Waals surface area (Å²) in [7, 11) is 0. The van der Waals surface area contributed by atoms with Gasteiger partial charge in [-0.05, 0) is 63.3 Å². The molecule has 1 aliphatic rings. The van der Waals surface area contributed by atoms with Crippen molar-refractivity contribution in [3.05, 3.63) is 71.3 Å². The van der Waals surface area contributed by atoms with E-state index in [1.807, 2.05) is 58.0 Å². The molecule has 0 unspecified atom stereocenters. The van der Waals surface area contributed by atoms with Crippen molar-refractivity contribution in [3.63, 3.8) is 0 Å². The minimum Gasteiger partial charge on any atom is -0.444 e. The van der Waals surface area contributed by atoms with Gasteiger partial charge in [0.1, 0.15) is 5.60 Å². The zero-order valence-electron chi connectivity index (χ0n) is 17.7. The summed E-state index contributed by atoms with van der Waals surface area (Å²) in [6.07, 6.45) is -4.06. The molecule has 0 radical (unpaired) electrons. The van der Waals surface area contributed by atoms with Crippen LogP contribution < -0.4 is 0 Å². The quantitative estimate of drug-likeness (QED) is 0.549. The van der Waals surface area contributed by atoms with Gasteiger partial charge in [0.25, 0.3) is 0 Å². The molecule has 1 heterocycles. The molecule has 0 N–H and O–H groups in total. The lowest BCUT2D eigenvalue weighted by Gasteiger charge is -2.43. The molecule has 0 aliphatic carbocycles. The fourth-order valence-electron chi connectivity index (χ4n) is 4.08. The second-order valence-corrected chi connectivity index (χ2v) is 8.96. The summed E-state index contributed by atoms with van der Waals surface area (Å²) in [5.41, 5.74) is 0.628. The van der Waals surface area contributed by atoms with Crippen LogP contribution in [0.5, 0.6) is 0 Å². The number of nitrogens with zero attached hydrogens (tertiary/aromatic N) is 1. The first-order chi connectivity index (χ1) is 14.0. The van der Waals surface area contributed by atoms with Crippen molar-refractivity contribution in [3.8, 4) is 0 Å². The average molecular weight is 419 g/mol. The molecular formula is C24H28F3NO2. The van der Waals surface area contributed by atoms with Crippen LogP contribution >= 0.6 is 0 Å². The van der Waals surface area contributed by atoms with Gasteiger partial charge in [-0.25, -0.2) is 4.79 Å². The van der Waals surface area contributed by atoms with E-state index in [4.69, 9.17) is 4.74 Å². The van der Waals surface area contributed by atoms with Gasteiger partial charge in [-0.1, -0.05) is 42.5 Å². The van der Waals surface area contributed by atoms with Crippen LogP contribution in [0.1, 0.15) is 62.6 Å². The summed E-state index contributed by atoms with van der Waals surface area (Å²) in [6, 6.07) is 15.2. The molecule has 1 aliphatic heterocycles. The third-order valence-electron chi connectivity index (χ3n) is 5.53. The molecule has 0 spiro atoms. The summed E-state index contributed by atoms with van der Waals surface area (Å²) >= 11 is 0. The molecular weight excluding hydrogens is 391 g/mol. The Bertz CT molecular complexity index is 857. The number of rotatable bonds is 2. The second kappa shape index (κ2) is 8.32. The van der Waals surface area contributed by atoms with Crippen LogP contribution in [0.25, 0.3) is 0 Å². The number of halogens is 3. The Kier molecular flexibility index (Phi) is 6.16. The highest BCUT2D eigenvalue weighted by atomic mass is 19.4. The van der Waals surface area contributed by atoms with E-state index in [2.05, 4.69) is 0 Å². The van der Waals surface area contributed by atoms with Gasteiger partial charge in [-0.2, -0.15) is 13.2 Å². The Balaban J connectivity index is 1.94. The maximum Gasteiger partial charge on any atom is 0.416 e. The number of carbonyl (C=O) groups is 1. The van der Waals surface area contributed by atoms with E-state index in [1.54, 1.807) is 4.90 Å². The highest BCUT2D eigenvalue weighted by Crippen LogP contribution is 2.43. The molecule has 2 aromatic carbocycles. The Labute approximate surface area is 175 Å². The summed E-state index contributed by atoms with van der Waals surface area (Å²) in [5.74, 6) is -0.0324. The van der Waals surface area contributed by atoms with Crippen molar-refractivity contribution in [2.45, 2.75) is 63.8 Å². The number of carbonyl (C=O) groups excluding carboxylic acids is 1. The number of likely N-dealkylation sites (tertiary alicyclic amines) is 1. The van der Waals surface area contributed by atoms with Gasteiger partial charge in [0.05, 0.1) is 5.56 Å². The Hall–Kier alpha value is -2.50. The molecule has 2 aromatic rings. The lowest BCUT2D eigenvalue weighted by molar-refractivity contribution is -0.137. The number of piperidine rings is 1. The molecule has 1 amide bonds. The average Bonchev–Trinajstić information content (AvgIpc) is 2.66. The van der Waals surface area contributed by atoms with Crippen molar-refractivity contribution in [1.82, 2.24) is 4.90 Å². The second-order valence-electron chi connectivity index (χ2n) is 8.96. The van der Waals surface area contributed by atoms with Crippen LogP contribution in [-0.2, 0) is 10.9 Å². The van der Waals surface area contributed by atoms with Crippen LogP contribution in [0.4, 0.5) is 18.0 Å². The molecule has 0 aromatic heterocycles. The maximum atomic E-state index is 13.0. The van der Waals surface area contributed by atoms with Crippen LogP contribution in [0.3, 0.4) is 0 Å². The number of hydrogen-bond donors (Lipinski definition) is 0. The standard InChI is InChI=1S/C24H28F3NO2/c1-16-14-20(17-8-6-5-7-9-17)21(15-28(16)22(29)30-23(2,3)4)18-10-12-19(13-11-18)24(25,26)27/h5-13,16,20-21H,14-15H2,1-4H3/t16-,20-,21-/m1/s1. The molecule has 3 rings (SSSR count). The van der Waals surface area contributed by atoms with E-state index in [9.17, 15) is 18.0 Å². The fraction of sp³-hybridized carbons (Fsp3) is 0.458. The van der Waals surface area contributed by atoms with Crippen LogP contribution in [0, 0.1) is 0 Å². The molecule has 0 saturated carbocycles. The normalized spacial score (nSPS) is 22.6. The van der Waals surface area contributed by atoms with Gasteiger partial charge < -0.3 is 9.64 Å². The minimum absolute atomic E-state index is 0.0456. The molecule has 162 valence electrons. The Morgan fingerprint density at radius 1 is 0.933 bits per heavy atom. The van der Waals surface area contributed by atoms with Crippen LogP contribution in [-0.4, -0.2) is 29.2 Å². The third kappa shape index (κ3) is 5.15. The summed E-state index contributed by atoms with van der Waals surface area (Å²) in [6.45, 7) is 7.84. The molecule has 3 atom stereocenters. The summed E-state index contributed by atoms with van der Waals surface area (Å²) in [4.78, 5) is 14.5. The monoisotopic (exact) mass is 419 g/mol. The van der Waals surface area contributed by atoms with Crippen molar-refractivity contribution in [1.29, 1.82) is 0 Å². The molecule has 30 heavy (non-hydrogen) atoms. The van der Waals surface area contributed by atoms with Gasteiger partial charge in [0, 0.05) is 18.5 Å². The van der Waals surface area contributed by atoms with Gasteiger partial charge in [0.15, 0.2) is 0 Å². The predicted molar refractivity (Wildman–Crippen MR) is 110 cm³/mol. The van der Waals surface area contributed by atoms with Crippen molar-refractivity contribution in [2.24, 2.45) is 0 Å². The Morgan fingerprint density at radius 3 is 2.03 bits per heavy atom. The first kappa shape index (κ1) is 22.2. The topological polar surface area (TPSA) is 29.5 Å². The predicted octanol–water partition coefficient (Wildman–Crippen LogP) is 6.60. The first-order valence-corrected chi connectivity index (χ1v) is 10.2. The lowest BCUT2D eigenvalue weighted by atomic mass is 9.74. The molecule has 0 bridgehead atoms.